The summed E-state index contributed by atoms with van der Waals surface area (Å²) in [6.45, 7) is 1.27. The van der Waals surface area contributed by atoms with Gasteiger partial charge in [0.25, 0.3) is 15.7 Å². The van der Waals surface area contributed by atoms with E-state index >= 15 is 0 Å². The van der Waals surface area contributed by atoms with Crippen molar-refractivity contribution >= 4 is 44.6 Å². The number of sulfone groups is 1. The average Bonchev–Trinajstić information content (AvgIpc) is 2.55. The van der Waals surface area contributed by atoms with Gasteiger partial charge >= 0.3 is 5.51 Å². The fraction of sp³-hybridized carbons (Fsp3) is 0.133. The maximum absolute atomic E-state index is 12.8. The minimum atomic E-state index is -5.83. The minimum absolute atomic E-state index is 0.00465. The van der Waals surface area contributed by atoms with Crippen molar-refractivity contribution in [3.63, 3.8) is 0 Å². The van der Waals surface area contributed by atoms with Crippen LogP contribution in [0.2, 0.25) is 5.02 Å². The summed E-state index contributed by atoms with van der Waals surface area (Å²) in [7, 11) is -5.83. The number of nitrogens with one attached hydrogen (secondary N) is 2. The molecule has 0 unspecified atom stereocenters. The molecule has 12 heteroatoms. The fourth-order valence-corrected chi connectivity index (χ4v) is 3.07. The van der Waals surface area contributed by atoms with E-state index in [4.69, 9.17) is 11.6 Å². The van der Waals surface area contributed by atoms with Crippen LogP contribution in [0.5, 0.6) is 0 Å². The van der Waals surface area contributed by atoms with Crippen LogP contribution in [0, 0.1) is 0 Å². The molecule has 2 rings (SSSR count). The lowest BCUT2D eigenvalue weighted by Crippen LogP contribution is -2.27. The molecule has 0 saturated carbocycles. The molecule has 0 bridgehead atoms. The van der Waals surface area contributed by atoms with E-state index in [2.05, 4.69) is 15.6 Å². The Hall–Kier alpha value is -2.66. The van der Waals surface area contributed by atoms with Crippen LogP contribution in [0.3, 0.4) is 0 Å². The molecule has 0 aliphatic heterocycles. The predicted octanol–water partition coefficient (Wildman–Crippen LogP) is 3.24. The van der Waals surface area contributed by atoms with Gasteiger partial charge in [-0.05, 0) is 30.3 Å². The fourth-order valence-electron chi connectivity index (χ4n) is 1.97. The lowest BCUT2D eigenvalue weighted by molar-refractivity contribution is -0.114. The summed E-state index contributed by atoms with van der Waals surface area (Å²) in [4.78, 5) is 26.5. The van der Waals surface area contributed by atoms with Gasteiger partial charge in [0.2, 0.25) is 5.91 Å². The van der Waals surface area contributed by atoms with E-state index in [0.29, 0.717) is 5.69 Å². The van der Waals surface area contributed by atoms with Crippen LogP contribution in [0.4, 0.5) is 24.5 Å². The van der Waals surface area contributed by atoms with Gasteiger partial charge in [0.15, 0.2) is 5.03 Å². The number of benzene rings is 1. The smallest absolute Gasteiger partial charge is 0.326 e. The molecular formula is C15H11ClF3N3O4S. The van der Waals surface area contributed by atoms with Crippen molar-refractivity contribution in [2.24, 2.45) is 0 Å². The Kier molecular flexibility index (Phi) is 5.76. The number of carbonyl (C=O) groups is 2. The molecule has 0 fully saturated rings. The molecule has 2 amide bonds. The van der Waals surface area contributed by atoms with E-state index in [1.54, 1.807) is 0 Å². The van der Waals surface area contributed by atoms with Crippen molar-refractivity contribution in [1.82, 2.24) is 4.98 Å². The van der Waals surface area contributed by atoms with Crippen LogP contribution in [-0.2, 0) is 14.6 Å². The second-order valence-electron chi connectivity index (χ2n) is 5.14. The third-order valence-corrected chi connectivity index (χ3v) is 4.87. The molecule has 1 aromatic carbocycles. The quantitative estimate of drug-likeness (QED) is 0.788. The average molecular weight is 422 g/mol. The second kappa shape index (κ2) is 7.53. The number of aromatic nitrogens is 1. The highest BCUT2D eigenvalue weighted by Crippen LogP contribution is 2.32. The van der Waals surface area contributed by atoms with Gasteiger partial charge in [-0.2, -0.15) is 13.2 Å². The summed E-state index contributed by atoms with van der Waals surface area (Å²) in [6, 6.07) is 5.99. The topological polar surface area (TPSA) is 105 Å². The minimum Gasteiger partial charge on any atom is -0.326 e. The van der Waals surface area contributed by atoms with Crippen molar-refractivity contribution < 1.29 is 31.2 Å². The Morgan fingerprint density at radius 1 is 1.15 bits per heavy atom. The van der Waals surface area contributed by atoms with E-state index in [0.717, 1.165) is 18.3 Å². The van der Waals surface area contributed by atoms with Crippen molar-refractivity contribution in [2.45, 2.75) is 17.5 Å². The largest absolute Gasteiger partial charge is 0.503 e. The number of hydrogen-bond donors (Lipinski definition) is 2. The van der Waals surface area contributed by atoms with Gasteiger partial charge in [-0.1, -0.05) is 11.6 Å². The van der Waals surface area contributed by atoms with E-state index < -0.39 is 31.8 Å². The molecule has 0 saturated heterocycles. The number of alkyl halides is 3. The summed E-state index contributed by atoms with van der Waals surface area (Å²) < 4.78 is 61.6. The van der Waals surface area contributed by atoms with Crippen LogP contribution in [-0.4, -0.2) is 30.7 Å². The van der Waals surface area contributed by atoms with Crippen LogP contribution >= 0.6 is 11.6 Å². The summed E-state index contributed by atoms with van der Waals surface area (Å²) in [5, 5.41) is 3.22. The van der Waals surface area contributed by atoms with Gasteiger partial charge < -0.3 is 10.6 Å². The zero-order chi connectivity index (χ0) is 20.4. The van der Waals surface area contributed by atoms with Crippen LogP contribution < -0.4 is 10.6 Å². The first kappa shape index (κ1) is 20.6. The maximum atomic E-state index is 12.8. The highest BCUT2D eigenvalue weighted by Gasteiger charge is 2.49. The highest BCUT2D eigenvalue weighted by atomic mass is 35.5. The third-order valence-electron chi connectivity index (χ3n) is 3.11. The number of halogens is 4. The molecular weight excluding hydrogens is 411 g/mol. The maximum Gasteiger partial charge on any atom is 0.503 e. The molecule has 2 aromatic rings. The van der Waals surface area contributed by atoms with Gasteiger partial charge in [-0.25, -0.2) is 13.4 Å². The van der Waals surface area contributed by atoms with Crippen molar-refractivity contribution in [3.8, 4) is 0 Å². The SMILES string of the molecule is CC(=O)Nc1ccc(NC(=O)c2cccnc2S(=O)(=O)C(F)(F)F)c(Cl)c1. The van der Waals surface area contributed by atoms with E-state index in [-0.39, 0.29) is 16.6 Å². The van der Waals surface area contributed by atoms with Crippen molar-refractivity contribution in [1.29, 1.82) is 0 Å². The summed E-state index contributed by atoms with van der Waals surface area (Å²) >= 11 is 5.97. The second-order valence-corrected chi connectivity index (χ2v) is 7.40. The molecule has 0 radical (unpaired) electrons. The monoisotopic (exact) mass is 421 g/mol. The number of hydrogen-bond acceptors (Lipinski definition) is 5. The summed E-state index contributed by atoms with van der Waals surface area (Å²) in [6.07, 6.45) is 0.824. The van der Waals surface area contributed by atoms with Crippen LogP contribution in [0.1, 0.15) is 17.3 Å². The molecule has 0 atom stereocenters. The zero-order valence-electron chi connectivity index (χ0n) is 13.5. The zero-order valence-corrected chi connectivity index (χ0v) is 15.0. The predicted molar refractivity (Wildman–Crippen MR) is 91.2 cm³/mol. The third kappa shape index (κ3) is 4.55. The number of rotatable bonds is 4. The van der Waals surface area contributed by atoms with Gasteiger partial charge in [0.05, 0.1) is 16.3 Å². The standard InChI is InChI=1S/C15H11ClF3N3O4S/c1-8(23)21-9-4-5-12(11(16)7-9)22-13(24)10-3-2-6-20-14(10)27(25,26)15(17,18)19/h2-7H,1H3,(H,21,23)(H,22,24). The van der Waals surface area contributed by atoms with Gasteiger partial charge in [-0.15, -0.1) is 0 Å². The van der Waals surface area contributed by atoms with Gasteiger partial charge in [0.1, 0.15) is 0 Å². The summed E-state index contributed by atoms with van der Waals surface area (Å²) in [5.41, 5.74) is -6.09. The Morgan fingerprint density at radius 2 is 1.81 bits per heavy atom. The normalized spacial score (nSPS) is 11.7. The van der Waals surface area contributed by atoms with Crippen molar-refractivity contribution in [2.75, 3.05) is 10.6 Å². The van der Waals surface area contributed by atoms with E-state index in [1.165, 1.54) is 25.1 Å². The van der Waals surface area contributed by atoms with Crippen LogP contribution in [0.15, 0.2) is 41.6 Å². The molecule has 1 aromatic heterocycles. The first-order valence-electron chi connectivity index (χ1n) is 7.08. The molecule has 7 nitrogen and oxygen atoms in total. The van der Waals surface area contributed by atoms with Crippen LogP contribution in [0.25, 0.3) is 0 Å². The number of amides is 2. The first-order valence-corrected chi connectivity index (χ1v) is 8.94. The highest BCUT2D eigenvalue weighted by molar-refractivity contribution is 7.92. The Morgan fingerprint density at radius 3 is 2.37 bits per heavy atom. The molecule has 0 aliphatic rings. The lowest BCUT2D eigenvalue weighted by Gasteiger charge is -2.13. The lowest BCUT2D eigenvalue weighted by atomic mass is 10.2. The Bertz CT molecular complexity index is 1010. The van der Waals surface area contributed by atoms with Crippen molar-refractivity contribution in [3.05, 3.63) is 47.1 Å². The number of carbonyl (C=O) groups excluding carboxylic acids is 2. The molecule has 0 aliphatic carbocycles. The van der Waals surface area contributed by atoms with Gasteiger partial charge in [0, 0.05) is 18.8 Å². The van der Waals surface area contributed by atoms with E-state index in [9.17, 15) is 31.2 Å². The molecule has 0 spiro atoms. The first-order chi connectivity index (χ1) is 12.4. The number of pyridine rings is 1. The Balaban J connectivity index is 2.37. The molecule has 1 heterocycles. The van der Waals surface area contributed by atoms with E-state index in [1.807, 2.05) is 0 Å². The molecule has 144 valence electrons. The molecule has 27 heavy (non-hydrogen) atoms. The number of nitrogens with zero attached hydrogens (tertiary/aromatic N) is 1. The van der Waals surface area contributed by atoms with Gasteiger partial charge in [-0.3, -0.25) is 9.59 Å². The number of anilines is 2. The molecule has 2 N–H and O–H groups in total. The Labute approximate surface area is 156 Å². The summed E-state index contributed by atoms with van der Waals surface area (Å²) in [5.74, 6) is -1.51.